The van der Waals surface area contributed by atoms with Crippen LogP contribution in [0, 0.1) is 17.8 Å². The highest BCUT2D eigenvalue weighted by atomic mass is 16.4. The van der Waals surface area contributed by atoms with E-state index in [9.17, 15) is 9.59 Å². The number of nitrogens with one attached hydrogen (secondary N) is 1. The number of rotatable bonds is 7. The molecule has 0 aromatic rings. The Labute approximate surface area is 116 Å². The number of carbonyl (C=O) groups is 2. The standard InChI is InChI=1S/C15H27NO3/c1-4-12(9-11-7-5-6-8-11)14(17)16-13(10(2)3)15(18)19/h10-13H,4-9H2,1-3H3,(H,16,17)(H,18,19)/t12?,13-/m0/s1. The second-order valence-corrected chi connectivity index (χ2v) is 6.06. The average Bonchev–Trinajstić information content (AvgIpc) is 2.84. The van der Waals surface area contributed by atoms with Gasteiger partial charge in [-0.1, -0.05) is 46.5 Å². The highest BCUT2D eigenvalue weighted by molar-refractivity contribution is 5.85. The van der Waals surface area contributed by atoms with Crippen LogP contribution in [-0.4, -0.2) is 23.0 Å². The summed E-state index contributed by atoms with van der Waals surface area (Å²) in [5.74, 6) is -0.512. The third-order valence-corrected chi connectivity index (χ3v) is 4.19. The molecule has 0 heterocycles. The summed E-state index contributed by atoms with van der Waals surface area (Å²) in [5, 5.41) is 11.8. The van der Waals surface area contributed by atoms with Gasteiger partial charge in [0.1, 0.15) is 6.04 Å². The van der Waals surface area contributed by atoms with E-state index in [-0.39, 0.29) is 17.7 Å². The molecule has 1 fully saturated rings. The third kappa shape index (κ3) is 4.84. The minimum atomic E-state index is -0.945. The fourth-order valence-electron chi connectivity index (χ4n) is 2.89. The summed E-state index contributed by atoms with van der Waals surface area (Å²) in [6.07, 6.45) is 6.67. The van der Waals surface area contributed by atoms with Gasteiger partial charge in [-0.05, 0) is 24.7 Å². The molecule has 0 aromatic carbocycles. The molecule has 0 saturated heterocycles. The van der Waals surface area contributed by atoms with Crippen LogP contribution >= 0.6 is 0 Å². The quantitative estimate of drug-likeness (QED) is 0.747. The van der Waals surface area contributed by atoms with Crippen molar-refractivity contribution in [3.05, 3.63) is 0 Å². The van der Waals surface area contributed by atoms with Crippen molar-refractivity contribution in [1.29, 1.82) is 0 Å². The molecule has 0 radical (unpaired) electrons. The number of amides is 1. The van der Waals surface area contributed by atoms with Crippen molar-refractivity contribution in [2.75, 3.05) is 0 Å². The summed E-state index contributed by atoms with van der Waals surface area (Å²) in [6.45, 7) is 5.64. The minimum absolute atomic E-state index is 0.0382. The molecule has 1 amide bonds. The first-order chi connectivity index (χ1) is 8.95. The van der Waals surface area contributed by atoms with Crippen LogP contribution in [0.2, 0.25) is 0 Å². The lowest BCUT2D eigenvalue weighted by molar-refractivity contribution is -0.143. The van der Waals surface area contributed by atoms with E-state index in [0.717, 1.165) is 12.8 Å². The second kappa shape index (κ2) is 7.51. The zero-order valence-electron chi connectivity index (χ0n) is 12.3. The maximum absolute atomic E-state index is 12.2. The molecular weight excluding hydrogens is 242 g/mol. The monoisotopic (exact) mass is 269 g/mol. The highest BCUT2D eigenvalue weighted by Crippen LogP contribution is 2.31. The molecule has 2 atom stereocenters. The number of hydrogen-bond donors (Lipinski definition) is 2. The van der Waals surface area contributed by atoms with Gasteiger partial charge in [-0.2, -0.15) is 0 Å². The van der Waals surface area contributed by atoms with E-state index in [4.69, 9.17) is 5.11 Å². The van der Waals surface area contributed by atoms with Gasteiger partial charge in [0.25, 0.3) is 0 Å². The first-order valence-electron chi connectivity index (χ1n) is 7.48. The lowest BCUT2D eigenvalue weighted by Gasteiger charge is -2.23. The van der Waals surface area contributed by atoms with E-state index < -0.39 is 12.0 Å². The summed E-state index contributed by atoms with van der Waals surface area (Å²) in [5.41, 5.74) is 0. The summed E-state index contributed by atoms with van der Waals surface area (Å²) in [7, 11) is 0. The van der Waals surface area contributed by atoms with Crippen LogP contribution in [0.5, 0.6) is 0 Å². The predicted octanol–water partition coefficient (Wildman–Crippen LogP) is 2.82. The zero-order chi connectivity index (χ0) is 14.4. The molecule has 1 saturated carbocycles. The second-order valence-electron chi connectivity index (χ2n) is 6.06. The van der Waals surface area contributed by atoms with Gasteiger partial charge in [0.15, 0.2) is 0 Å². The van der Waals surface area contributed by atoms with Crippen molar-refractivity contribution in [3.8, 4) is 0 Å². The Morgan fingerprint density at radius 1 is 1.26 bits per heavy atom. The van der Waals surface area contributed by atoms with Gasteiger partial charge < -0.3 is 10.4 Å². The van der Waals surface area contributed by atoms with Gasteiger partial charge in [-0.25, -0.2) is 4.79 Å². The fraction of sp³-hybridized carbons (Fsp3) is 0.867. The molecule has 4 heteroatoms. The Bertz CT molecular complexity index is 309. The lowest BCUT2D eigenvalue weighted by atomic mass is 9.90. The molecule has 0 bridgehead atoms. The molecule has 1 rings (SSSR count). The first-order valence-corrected chi connectivity index (χ1v) is 7.48. The normalized spacial score (nSPS) is 19.4. The molecule has 2 N–H and O–H groups in total. The molecule has 19 heavy (non-hydrogen) atoms. The van der Waals surface area contributed by atoms with Crippen molar-refractivity contribution in [2.24, 2.45) is 17.8 Å². The van der Waals surface area contributed by atoms with E-state index in [0.29, 0.717) is 5.92 Å². The van der Waals surface area contributed by atoms with Gasteiger partial charge in [-0.15, -0.1) is 0 Å². The third-order valence-electron chi connectivity index (χ3n) is 4.19. The minimum Gasteiger partial charge on any atom is -0.480 e. The molecule has 110 valence electrons. The van der Waals surface area contributed by atoms with Gasteiger partial charge in [0.2, 0.25) is 5.91 Å². The molecule has 0 aliphatic heterocycles. The van der Waals surface area contributed by atoms with Crippen LogP contribution in [0.4, 0.5) is 0 Å². The molecule has 1 unspecified atom stereocenters. The van der Waals surface area contributed by atoms with Crippen LogP contribution in [0.15, 0.2) is 0 Å². The first kappa shape index (κ1) is 16.0. The smallest absolute Gasteiger partial charge is 0.326 e. The lowest BCUT2D eigenvalue weighted by Crippen LogP contribution is -2.46. The molecule has 4 nitrogen and oxygen atoms in total. The number of aliphatic carboxylic acids is 1. The summed E-state index contributed by atoms with van der Waals surface area (Å²) >= 11 is 0. The molecule has 1 aliphatic carbocycles. The van der Waals surface area contributed by atoms with Gasteiger partial charge in [0.05, 0.1) is 0 Å². The van der Waals surface area contributed by atoms with E-state index in [1.54, 1.807) is 0 Å². The largest absolute Gasteiger partial charge is 0.480 e. The van der Waals surface area contributed by atoms with Crippen molar-refractivity contribution >= 4 is 11.9 Å². The van der Waals surface area contributed by atoms with Crippen LogP contribution in [0.3, 0.4) is 0 Å². The summed E-state index contributed by atoms with van der Waals surface area (Å²) < 4.78 is 0. The summed E-state index contributed by atoms with van der Waals surface area (Å²) in [6, 6.07) is -0.773. The van der Waals surface area contributed by atoms with Crippen LogP contribution < -0.4 is 5.32 Å². The number of hydrogen-bond acceptors (Lipinski definition) is 2. The fourth-order valence-corrected chi connectivity index (χ4v) is 2.89. The van der Waals surface area contributed by atoms with E-state index in [1.807, 2.05) is 20.8 Å². The van der Waals surface area contributed by atoms with E-state index >= 15 is 0 Å². The number of carboxylic acids is 1. The van der Waals surface area contributed by atoms with E-state index in [1.165, 1.54) is 25.7 Å². The van der Waals surface area contributed by atoms with Crippen LogP contribution in [-0.2, 0) is 9.59 Å². The SMILES string of the molecule is CCC(CC1CCCC1)C(=O)N[C@H](C(=O)O)C(C)C. The summed E-state index contributed by atoms with van der Waals surface area (Å²) in [4.78, 5) is 23.3. The van der Waals surface area contributed by atoms with Gasteiger partial charge >= 0.3 is 5.97 Å². The van der Waals surface area contributed by atoms with Crippen LogP contribution in [0.1, 0.15) is 59.3 Å². The molecule has 0 spiro atoms. The Hall–Kier alpha value is -1.06. The Morgan fingerprint density at radius 2 is 1.84 bits per heavy atom. The predicted molar refractivity (Wildman–Crippen MR) is 74.8 cm³/mol. The number of carbonyl (C=O) groups excluding carboxylic acids is 1. The Kier molecular flexibility index (Phi) is 6.32. The van der Waals surface area contributed by atoms with Crippen molar-refractivity contribution in [3.63, 3.8) is 0 Å². The zero-order valence-corrected chi connectivity index (χ0v) is 12.3. The van der Waals surface area contributed by atoms with E-state index in [2.05, 4.69) is 5.32 Å². The number of carboxylic acid groups (broad SMARTS) is 1. The maximum Gasteiger partial charge on any atom is 0.326 e. The molecule has 1 aliphatic rings. The average molecular weight is 269 g/mol. The molecular formula is C15H27NO3. The topological polar surface area (TPSA) is 66.4 Å². The molecule has 0 aromatic heterocycles. The van der Waals surface area contributed by atoms with Gasteiger partial charge in [0, 0.05) is 5.92 Å². The Morgan fingerprint density at radius 3 is 2.26 bits per heavy atom. The van der Waals surface area contributed by atoms with Crippen LogP contribution in [0.25, 0.3) is 0 Å². The Balaban J connectivity index is 2.54. The highest BCUT2D eigenvalue weighted by Gasteiger charge is 2.28. The van der Waals surface area contributed by atoms with Crippen molar-refractivity contribution in [2.45, 2.75) is 65.3 Å². The van der Waals surface area contributed by atoms with Gasteiger partial charge in [-0.3, -0.25) is 4.79 Å². The maximum atomic E-state index is 12.2. The van der Waals surface area contributed by atoms with Crippen molar-refractivity contribution < 1.29 is 14.7 Å². The van der Waals surface area contributed by atoms with Crippen molar-refractivity contribution in [1.82, 2.24) is 5.32 Å².